The number of amides is 2. The molecule has 1 saturated carbocycles. The number of para-hydroxylation sites is 1. The van der Waals surface area contributed by atoms with E-state index in [2.05, 4.69) is 10.6 Å². The Kier molecular flexibility index (Phi) is 4.72. The van der Waals surface area contributed by atoms with Gasteiger partial charge in [-0.05, 0) is 37.3 Å². The van der Waals surface area contributed by atoms with Gasteiger partial charge in [0, 0.05) is 12.6 Å². The van der Waals surface area contributed by atoms with E-state index in [1.54, 1.807) is 0 Å². The van der Waals surface area contributed by atoms with Crippen LogP contribution in [0.15, 0.2) is 24.3 Å². The third-order valence-electron chi connectivity index (χ3n) is 3.43. The molecule has 2 rings (SSSR count). The molecule has 0 saturated heterocycles. The van der Waals surface area contributed by atoms with Gasteiger partial charge in [0.2, 0.25) is 0 Å². The number of aliphatic hydroxyl groups excluding tert-OH is 1. The maximum absolute atomic E-state index is 12.8. The van der Waals surface area contributed by atoms with Gasteiger partial charge in [-0.25, -0.2) is 4.79 Å². The van der Waals surface area contributed by atoms with Crippen molar-refractivity contribution >= 4 is 11.7 Å². The Morgan fingerprint density at radius 3 is 2.57 bits per heavy atom. The van der Waals surface area contributed by atoms with E-state index in [9.17, 15) is 18.0 Å². The molecular formula is C14H17F3N2O2. The molecule has 1 unspecified atom stereocenters. The van der Waals surface area contributed by atoms with Gasteiger partial charge in [0.1, 0.15) is 0 Å². The van der Waals surface area contributed by atoms with Crippen molar-refractivity contribution in [1.29, 1.82) is 0 Å². The number of benzene rings is 1. The lowest BCUT2D eigenvalue weighted by Crippen LogP contribution is -2.40. The molecule has 1 aromatic carbocycles. The second kappa shape index (κ2) is 6.34. The lowest BCUT2D eigenvalue weighted by Gasteiger charge is -2.19. The summed E-state index contributed by atoms with van der Waals surface area (Å²) in [4.78, 5) is 11.8. The fraction of sp³-hybridized carbons (Fsp3) is 0.500. The van der Waals surface area contributed by atoms with Crippen LogP contribution in [0.4, 0.5) is 23.7 Å². The van der Waals surface area contributed by atoms with E-state index in [0.29, 0.717) is 12.3 Å². The van der Waals surface area contributed by atoms with E-state index < -0.39 is 17.8 Å². The number of anilines is 1. The highest BCUT2D eigenvalue weighted by Gasteiger charge is 2.34. The number of hydrogen-bond donors (Lipinski definition) is 3. The van der Waals surface area contributed by atoms with Crippen LogP contribution >= 0.6 is 0 Å². The van der Waals surface area contributed by atoms with Crippen molar-refractivity contribution in [3.63, 3.8) is 0 Å². The summed E-state index contributed by atoms with van der Waals surface area (Å²) in [5.74, 6) is 0.306. The van der Waals surface area contributed by atoms with Crippen LogP contribution < -0.4 is 10.6 Å². The number of hydrogen-bond acceptors (Lipinski definition) is 2. The zero-order valence-corrected chi connectivity index (χ0v) is 11.3. The zero-order valence-electron chi connectivity index (χ0n) is 11.3. The van der Waals surface area contributed by atoms with E-state index in [0.717, 1.165) is 18.9 Å². The lowest BCUT2D eigenvalue weighted by atomic mass is 10.1. The number of carbonyl (C=O) groups excluding carboxylic acids is 1. The maximum Gasteiger partial charge on any atom is 0.418 e. The average molecular weight is 302 g/mol. The molecule has 3 N–H and O–H groups in total. The molecule has 1 aliphatic carbocycles. The molecule has 21 heavy (non-hydrogen) atoms. The van der Waals surface area contributed by atoms with Gasteiger partial charge in [0.25, 0.3) is 0 Å². The number of carbonyl (C=O) groups is 1. The van der Waals surface area contributed by atoms with Gasteiger partial charge in [-0.3, -0.25) is 0 Å². The molecule has 0 heterocycles. The van der Waals surface area contributed by atoms with Crippen LogP contribution in [-0.2, 0) is 6.18 Å². The number of rotatable bonds is 5. The van der Waals surface area contributed by atoms with Crippen molar-refractivity contribution in [2.75, 3.05) is 11.9 Å². The number of urea groups is 1. The Labute approximate surface area is 120 Å². The van der Waals surface area contributed by atoms with Crippen LogP contribution in [0.25, 0.3) is 0 Å². The van der Waals surface area contributed by atoms with Crippen LogP contribution in [0, 0.1) is 5.92 Å². The Morgan fingerprint density at radius 2 is 2.00 bits per heavy atom. The summed E-state index contributed by atoms with van der Waals surface area (Å²) in [5, 5.41) is 13.8. The highest BCUT2D eigenvalue weighted by atomic mass is 19.4. The molecule has 2 amide bonds. The van der Waals surface area contributed by atoms with Crippen molar-refractivity contribution in [3.05, 3.63) is 29.8 Å². The molecule has 1 aliphatic rings. The van der Waals surface area contributed by atoms with Crippen molar-refractivity contribution in [2.45, 2.75) is 31.5 Å². The molecule has 116 valence electrons. The van der Waals surface area contributed by atoms with Crippen LogP contribution in [0.1, 0.15) is 24.8 Å². The van der Waals surface area contributed by atoms with Gasteiger partial charge in [0.05, 0.1) is 11.3 Å². The zero-order chi connectivity index (χ0) is 15.5. The Morgan fingerprint density at radius 1 is 1.33 bits per heavy atom. The molecule has 0 radical (unpaired) electrons. The number of alkyl halides is 3. The van der Waals surface area contributed by atoms with E-state index in [-0.39, 0.29) is 18.3 Å². The fourth-order valence-electron chi connectivity index (χ4n) is 2.23. The molecular weight excluding hydrogens is 285 g/mol. The first-order chi connectivity index (χ1) is 9.91. The van der Waals surface area contributed by atoms with Gasteiger partial charge >= 0.3 is 12.2 Å². The van der Waals surface area contributed by atoms with E-state index in [1.807, 2.05) is 0 Å². The van der Waals surface area contributed by atoms with Gasteiger partial charge in [-0.1, -0.05) is 12.1 Å². The largest absolute Gasteiger partial charge is 0.418 e. The standard InChI is InChI=1S/C14H17F3N2O2/c15-14(16,17)10-3-1-2-4-12(10)19-13(21)18-11(7-8-20)9-5-6-9/h1-4,9,11,20H,5-8H2,(H2,18,19,21). The minimum Gasteiger partial charge on any atom is -0.396 e. The Hall–Kier alpha value is -1.76. The molecule has 0 bridgehead atoms. The third kappa shape index (κ3) is 4.35. The minimum atomic E-state index is -4.52. The quantitative estimate of drug-likeness (QED) is 0.783. The number of aliphatic hydroxyl groups is 1. The third-order valence-corrected chi connectivity index (χ3v) is 3.43. The second-order valence-corrected chi connectivity index (χ2v) is 5.10. The first kappa shape index (κ1) is 15.6. The summed E-state index contributed by atoms with van der Waals surface area (Å²) in [6.45, 7) is -0.0689. The lowest BCUT2D eigenvalue weighted by molar-refractivity contribution is -0.136. The predicted molar refractivity (Wildman–Crippen MR) is 71.8 cm³/mol. The monoisotopic (exact) mass is 302 g/mol. The first-order valence-corrected chi connectivity index (χ1v) is 6.76. The fourth-order valence-corrected chi connectivity index (χ4v) is 2.23. The minimum absolute atomic E-state index is 0.0689. The topological polar surface area (TPSA) is 61.4 Å². The highest BCUT2D eigenvalue weighted by molar-refractivity contribution is 5.90. The van der Waals surface area contributed by atoms with Crippen molar-refractivity contribution in [3.8, 4) is 0 Å². The normalized spacial score (nSPS) is 16.4. The SMILES string of the molecule is O=C(Nc1ccccc1C(F)(F)F)NC(CCO)C1CC1. The smallest absolute Gasteiger partial charge is 0.396 e. The highest BCUT2D eigenvalue weighted by Crippen LogP contribution is 2.35. The number of halogens is 3. The summed E-state index contributed by atoms with van der Waals surface area (Å²) >= 11 is 0. The van der Waals surface area contributed by atoms with Gasteiger partial charge in [-0.15, -0.1) is 0 Å². The van der Waals surface area contributed by atoms with Crippen LogP contribution in [0.2, 0.25) is 0 Å². The molecule has 0 spiro atoms. The Balaban J connectivity index is 2.02. The van der Waals surface area contributed by atoms with Crippen molar-refractivity contribution in [2.24, 2.45) is 5.92 Å². The summed E-state index contributed by atoms with van der Waals surface area (Å²) < 4.78 is 38.4. The summed E-state index contributed by atoms with van der Waals surface area (Å²) in [7, 11) is 0. The number of nitrogens with one attached hydrogen (secondary N) is 2. The van der Waals surface area contributed by atoms with Gasteiger partial charge < -0.3 is 15.7 Å². The maximum atomic E-state index is 12.8. The van der Waals surface area contributed by atoms with E-state index in [1.165, 1.54) is 18.2 Å². The predicted octanol–water partition coefficient (Wildman–Crippen LogP) is 2.99. The van der Waals surface area contributed by atoms with Crippen LogP contribution in [0.3, 0.4) is 0 Å². The van der Waals surface area contributed by atoms with Crippen LogP contribution in [-0.4, -0.2) is 23.8 Å². The van der Waals surface area contributed by atoms with E-state index >= 15 is 0 Å². The Bertz CT molecular complexity index is 501. The molecule has 4 nitrogen and oxygen atoms in total. The summed E-state index contributed by atoms with van der Waals surface area (Å²) in [5.41, 5.74) is -1.16. The van der Waals surface area contributed by atoms with Gasteiger partial charge in [0.15, 0.2) is 0 Å². The van der Waals surface area contributed by atoms with Crippen LogP contribution in [0.5, 0.6) is 0 Å². The van der Waals surface area contributed by atoms with Gasteiger partial charge in [-0.2, -0.15) is 13.2 Å². The molecule has 0 aliphatic heterocycles. The summed E-state index contributed by atoms with van der Waals surface area (Å²) in [6, 6.07) is 3.94. The second-order valence-electron chi connectivity index (χ2n) is 5.10. The molecule has 7 heteroatoms. The summed E-state index contributed by atoms with van der Waals surface area (Å²) in [6.07, 6.45) is -2.20. The molecule has 1 aromatic rings. The molecule has 1 fully saturated rings. The molecule has 1 atom stereocenters. The van der Waals surface area contributed by atoms with Crippen molar-refractivity contribution < 1.29 is 23.1 Å². The first-order valence-electron chi connectivity index (χ1n) is 6.76. The van der Waals surface area contributed by atoms with E-state index in [4.69, 9.17) is 5.11 Å². The van der Waals surface area contributed by atoms with Crippen molar-refractivity contribution in [1.82, 2.24) is 5.32 Å². The molecule has 0 aromatic heterocycles. The average Bonchev–Trinajstić information content (AvgIpc) is 3.21.